The molecule has 188 valence electrons. The summed E-state index contributed by atoms with van der Waals surface area (Å²) in [6.07, 6.45) is 30.0. The summed E-state index contributed by atoms with van der Waals surface area (Å²) in [5, 5.41) is 9.40. The zero-order chi connectivity index (χ0) is 22.3. The Balaban J connectivity index is 0. The van der Waals surface area contributed by atoms with Crippen molar-refractivity contribution in [1.82, 2.24) is 0 Å². The number of unbranched alkanes of at least 4 members (excludes halogenated alkanes) is 15. The van der Waals surface area contributed by atoms with Crippen molar-refractivity contribution in [1.29, 1.82) is 0 Å². The van der Waals surface area contributed by atoms with Gasteiger partial charge in [0.05, 0.1) is 31.1 Å². The fourth-order valence-electron chi connectivity index (χ4n) is 4.69. The molecular weight excluding hydrogens is 406 g/mol. The minimum Gasteiger partial charge on any atom is -1.00 e. The molecule has 0 atom stereocenters. The van der Waals surface area contributed by atoms with Gasteiger partial charge in [-0.05, 0) is 38.5 Å². The predicted molar refractivity (Wildman–Crippen MR) is 139 cm³/mol. The van der Waals surface area contributed by atoms with Gasteiger partial charge in [0.2, 0.25) is 0 Å². The van der Waals surface area contributed by atoms with Gasteiger partial charge in [-0.25, -0.2) is 0 Å². The molecule has 0 aliphatic rings. The molecule has 0 heterocycles. The first-order valence-corrected chi connectivity index (χ1v) is 16.2. The third kappa shape index (κ3) is 21.4. The van der Waals surface area contributed by atoms with Gasteiger partial charge in [0.15, 0.2) is 0 Å². The highest BCUT2D eigenvalue weighted by atomic mass is 31.2. The molecule has 0 aromatic rings. The van der Waals surface area contributed by atoms with E-state index in [9.17, 15) is 9.90 Å². The maximum atomic E-state index is 11.4. The Hall–Kier alpha value is -0.170. The SMILES string of the molecule is CCCCCCCC[P+](CCCCCCCC)(CCCCCCCC)CCC(=O)O.[F-]. The molecule has 31 heavy (non-hydrogen) atoms. The summed E-state index contributed by atoms with van der Waals surface area (Å²) in [5.74, 6) is -0.576. The first kappa shape index (κ1) is 33.0. The van der Waals surface area contributed by atoms with Crippen molar-refractivity contribution in [3.8, 4) is 0 Å². The van der Waals surface area contributed by atoms with Crippen LogP contribution in [0.1, 0.15) is 143 Å². The smallest absolute Gasteiger partial charge is 0.307 e. The van der Waals surface area contributed by atoms with E-state index in [4.69, 9.17) is 0 Å². The standard InChI is InChI=1S/C27H55O2P.FH/c1-4-7-10-13-16-19-23-30(26-22-27(28)29,24-20-17-14-11-8-5-2)25-21-18-15-12-9-6-3;/h4-26H2,1-3H3;1H. The summed E-state index contributed by atoms with van der Waals surface area (Å²) in [7, 11) is -1.10. The molecule has 4 heteroatoms. The van der Waals surface area contributed by atoms with Crippen LogP contribution in [0.2, 0.25) is 0 Å². The Bertz CT molecular complexity index is 335. The molecule has 0 rings (SSSR count). The average Bonchev–Trinajstić information content (AvgIpc) is 2.74. The predicted octanol–water partition coefficient (Wildman–Crippen LogP) is 6.56. The Kier molecular flexibility index (Phi) is 26.1. The lowest BCUT2D eigenvalue weighted by molar-refractivity contribution is -0.136. The monoisotopic (exact) mass is 462 g/mol. The fourth-order valence-corrected chi connectivity index (χ4v) is 9.38. The highest BCUT2D eigenvalue weighted by Gasteiger charge is 2.36. The molecule has 0 aromatic heterocycles. The van der Waals surface area contributed by atoms with E-state index in [0.717, 1.165) is 6.16 Å². The largest absolute Gasteiger partial charge is 1.00 e. The van der Waals surface area contributed by atoms with E-state index in [1.165, 1.54) is 134 Å². The van der Waals surface area contributed by atoms with E-state index < -0.39 is 13.2 Å². The Morgan fingerprint density at radius 2 is 0.806 bits per heavy atom. The number of carbonyl (C=O) groups is 1. The van der Waals surface area contributed by atoms with Crippen LogP contribution in [0.15, 0.2) is 0 Å². The highest BCUT2D eigenvalue weighted by molar-refractivity contribution is 7.75. The number of halogens is 1. The lowest BCUT2D eigenvalue weighted by Gasteiger charge is -2.28. The number of carboxylic acid groups (broad SMARTS) is 1. The maximum Gasteiger partial charge on any atom is 0.307 e. The maximum absolute atomic E-state index is 11.4. The molecule has 0 saturated heterocycles. The lowest BCUT2D eigenvalue weighted by Crippen LogP contribution is -3.00. The molecule has 0 bridgehead atoms. The van der Waals surface area contributed by atoms with Crippen LogP contribution in [0.5, 0.6) is 0 Å². The number of rotatable bonds is 24. The lowest BCUT2D eigenvalue weighted by atomic mass is 10.1. The third-order valence-electron chi connectivity index (χ3n) is 6.76. The topological polar surface area (TPSA) is 37.3 Å². The number of hydrogen-bond donors (Lipinski definition) is 1. The van der Waals surface area contributed by atoms with Gasteiger partial charge in [-0.3, -0.25) is 4.79 Å². The Morgan fingerprint density at radius 3 is 1.10 bits per heavy atom. The summed E-state index contributed by atoms with van der Waals surface area (Å²) in [5.41, 5.74) is 0. The van der Waals surface area contributed by atoms with Gasteiger partial charge >= 0.3 is 5.97 Å². The van der Waals surface area contributed by atoms with Gasteiger partial charge in [-0.1, -0.05) is 97.8 Å². The highest BCUT2D eigenvalue weighted by Crippen LogP contribution is 2.61. The van der Waals surface area contributed by atoms with Crippen LogP contribution in [0, 0.1) is 0 Å². The van der Waals surface area contributed by atoms with Gasteiger partial charge in [0.1, 0.15) is 0 Å². The first-order chi connectivity index (χ1) is 14.6. The molecule has 0 radical (unpaired) electrons. The van der Waals surface area contributed by atoms with Gasteiger partial charge < -0.3 is 9.81 Å². The van der Waals surface area contributed by atoms with Crippen LogP contribution in [0.4, 0.5) is 0 Å². The van der Waals surface area contributed by atoms with Crippen molar-refractivity contribution in [2.24, 2.45) is 0 Å². The molecular formula is C27H56FO2P. The summed E-state index contributed by atoms with van der Waals surface area (Å²) in [6, 6.07) is 0. The van der Waals surface area contributed by atoms with Crippen LogP contribution in [0.25, 0.3) is 0 Å². The Labute approximate surface area is 195 Å². The summed E-state index contributed by atoms with van der Waals surface area (Å²) in [6.45, 7) is 6.84. The molecule has 0 saturated carbocycles. The van der Waals surface area contributed by atoms with E-state index in [2.05, 4.69) is 20.8 Å². The van der Waals surface area contributed by atoms with Crippen molar-refractivity contribution in [3.05, 3.63) is 0 Å². The molecule has 2 nitrogen and oxygen atoms in total. The second-order valence-electron chi connectivity index (χ2n) is 9.68. The van der Waals surface area contributed by atoms with Crippen LogP contribution in [-0.2, 0) is 4.79 Å². The van der Waals surface area contributed by atoms with E-state index in [1.54, 1.807) is 0 Å². The quantitative estimate of drug-likeness (QED) is 0.130. The molecule has 0 aliphatic carbocycles. The number of hydrogen-bond acceptors (Lipinski definition) is 1. The van der Waals surface area contributed by atoms with Crippen LogP contribution >= 0.6 is 7.26 Å². The minimum atomic E-state index is -1.10. The Morgan fingerprint density at radius 1 is 0.516 bits per heavy atom. The zero-order valence-electron chi connectivity index (χ0n) is 21.4. The van der Waals surface area contributed by atoms with Crippen LogP contribution in [0.3, 0.4) is 0 Å². The van der Waals surface area contributed by atoms with Crippen molar-refractivity contribution in [2.45, 2.75) is 143 Å². The van der Waals surface area contributed by atoms with Gasteiger partial charge in [-0.15, -0.1) is 0 Å². The van der Waals surface area contributed by atoms with E-state index in [0.29, 0.717) is 6.42 Å². The van der Waals surface area contributed by atoms with Gasteiger partial charge in [-0.2, -0.15) is 0 Å². The van der Waals surface area contributed by atoms with Crippen molar-refractivity contribution in [2.75, 3.05) is 24.6 Å². The normalized spacial score (nSPS) is 11.5. The molecule has 0 aromatic carbocycles. The van der Waals surface area contributed by atoms with E-state index in [1.807, 2.05) is 0 Å². The molecule has 0 fully saturated rings. The molecule has 0 unspecified atom stereocenters. The van der Waals surface area contributed by atoms with Gasteiger partial charge in [0, 0.05) is 7.26 Å². The first-order valence-electron chi connectivity index (χ1n) is 13.7. The third-order valence-corrected chi connectivity index (χ3v) is 11.7. The average molecular weight is 463 g/mol. The summed E-state index contributed by atoms with van der Waals surface area (Å²) >= 11 is 0. The molecule has 0 spiro atoms. The van der Waals surface area contributed by atoms with Gasteiger partial charge in [0.25, 0.3) is 0 Å². The molecule has 0 aliphatic heterocycles. The summed E-state index contributed by atoms with van der Waals surface area (Å²) in [4.78, 5) is 11.4. The van der Waals surface area contributed by atoms with Crippen molar-refractivity contribution in [3.63, 3.8) is 0 Å². The second-order valence-corrected chi connectivity index (χ2v) is 14.2. The number of carboxylic acids is 1. The molecule has 1 N–H and O–H groups in total. The van der Waals surface area contributed by atoms with Crippen molar-refractivity contribution >= 4 is 13.2 Å². The summed E-state index contributed by atoms with van der Waals surface area (Å²) < 4.78 is 0. The van der Waals surface area contributed by atoms with Crippen LogP contribution in [-0.4, -0.2) is 35.7 Å². The second kappa shape index (κ2) is 24.5. The minimum absolute atomic E-state index is 0. The zero-order valence-corrected chi connectivity index (χ0v) is 22.3. The number of aliphatic carboxylic acids is 1. The molecule has 0 amide bonds. The van der Waals surface area contributed by atoms with Crippen molar-refractivity contribution < 1.29 is 14.6 Å². The van der Waals surface area contributed by atoms with E-state index in [-0.39, 0.29) is 4.70 Å². The van der Waals surface area contributed by atoms with E-state index >= 15 is 0 Å². The fraction of sp³-hybridized carbons (Fsp3) is 0.963. The van der Waals surface area contributed by atoms with Crippen LogP contribution < -0.4 is 4.70 Å².